The van der Waals surface area contributed by atoms with Crippen LogP contribution in [0.5, 0.6) is 11.5 Å². The van der Waals surface area contributed by atoms with Gasteiger partial charge in [0.2, 0.25) is 0 Å². The van der Waals surface area contributed by atoms with Crippen molar-refractivity contribution in [2.75, 3.05) is 51.8 Å². The Hall–Kier alpha value is -1.89. The second kappa shape index (κ2) is 10.9. The second-order valence-electron chi connectivity index (χ2n) is 7.88. The van der Waals surface area contributed by atoms with Crippen LogP contribution in [-0.2, 0) is 0 Å². The van der Waals surface area contributed by atoms with Gasteiger partial charge in [-0.1, -0.05) is 32.0 Å². The number of para-hydroxylation sites is 1. The molecule has 1 heterocycles. The molecule has 1 aliphatic heterocycles. The van der Waals surface area contributed by atoms with E-state index >= 15 is 0 Å². The molecule has 1 N–H and O–H groups in total. The highest BCUT2D eigenvalue weighted by molar-refractivity contribution is 8.00. The Bertz CT molecular complexity index is 807. The van der Waals surface area contributed by atoms with E-state index in [1.165, 1.54) is 10.6 Å². The van der Waals surface area contributed by atoms with Gasteiger partial charge in [0.25, 0.3) is 0 Å². The summed E-state index contributed by atoms with van der Waals surface area (Å²) in [5, 5.41) is 11.2. The molecule has 0 spiro atoms. The predicted molar refractivity (Wildman–Crippen MR) is 125 cm³/mol. The molecule has 0 radical (unpaired) electrons. The van der Waals surface area contributed by atoms with Gasteiger partial charge in [0, 0.05) is 42.9 Å². The monoisotopic (exact) mass is 430 g/mol. The third kappa shape index (κ3) is 5.84. The van der Waals surface area contributed by atoms with E-state index in [1.807, 2.05) is 30.0 Å². The fraction of sp³-hybridized carbons (Fsp3) is 0.500. The van der Waals surface area contributed by atoms with Crippen molar-refractivity contribution in [3.63, 3.8) is 0 Å². The van der Waals surface area contributed by atoms with Crippen LogP contribution >= 0.6 is 11.8 Å². The van der Waals surface area contributed by atoms with Crippen LogP contribution in [0.1, 0.15) is 31.9 Å². The third-order valence-electron chi connectivity index (χ3n) is 5.45. The highest BCUT2D eigenvalue weighted by Gasteiger charge is 2.21. The van der Waals surface area contributed by atoms with E-state index in [1.54, 1.807) is 14.2 Å². The van der Waals surface area contributed by atoms with E-state index in [-0.39, 0.29) is 0 Å². The maximum Gasteiger partial charge on any atom is 0.161 e. The molecule has 2 aromatic carbocycles. The average Bonchev–Trinajstić information content (AvgIpc) is 2.77. The number of anilines is 1. The van der Waals surface area contributed by atoms with Gasteiger partial charge in [0.15, 0.2) is 11.5 Å². The topological polar surface area (TPSA) is 45.2 Å². The smallest absolute Gasteiger partial charge is 0.161 e. The maximum absolute atomic E-state index is 10.6. The van der Waals surface area contributed by atoms with Crippen molar-refractivity contribution in [3.8, 4) is 11.5 Å². The number of ether oxygens (including phenoxy) is 2. The fourth-order valence-corrected chi connectivity index (χ4v) is 4.80. The largest absolute Gasteiger partial charge is 0.493 e. The molecule has 0 saturated carbocycles. The lowest BCUT2D eigenvalue weighted by atomic mass is 10.1. The molecule has 2 aromatic rings. The van der Waals surface area contributed by atoms with Crippen LogP contribution in [0.4, 0.5) is 5.69 Å². The Morgan fingerprint density at radius 3 is 2.33 bits per heavy atom. The molecule has 0 bridgehead atoms. The minimum Gasteiger partial charge on any atom is -0.493 e. The molecule has 1 atom stereocenters. The summed E-state index contributed by atoms with van der Waals surface area (Å²) in [6.45, 7) is 9.42. The zero-order valence-corrected chi connectivity index (χ0v) is 19.3. The lowest BCUT2D eigenvalue weighted by Crippen LogP contribution is -2.47. The van der Waals surface area contributed by atoms with E-state index in [9.17, 15) is 5.11 Å². The fourth-order valence-electron chi connectivity index (χ4n) is 3.82. The van der Waals surface area contributed by atoms with Crippen molar-refractivity contribution in [2.24, 2.45) is 0 Å². The summed E-state index contributed by atoms with van der Waals surface area (Å²) < 4.78 is 10.6. The summed E-state index contributed by atoms with van der Waals surface area (Å²) in [6, 6.07) is 14.3. The molecule has 164 valence electrons. The van der Waals surface area contributed by atoms with Gasteiger partial charge >= 0.3 is 0 Å². The third-order valence-corrected chi connectivity index (χ3v) is 6.52. The molecular weight excluding hydrogens is 396 g/mol. The van der Waals surface area contributed by atoms with Crippen LogP contribution in [0.2, 0.25) is 0 Å². The van der Waals surface area contributed by atoms with Crippen LogP contribution in [0.15, 0.2) is 47.4 Å². The molecule has 0 aliphatic carbocycles. The zero-order chi connectivity index (χ0) is 21.5. The Balaban J connectivity index is 1.52. The highest BCUT2D eigenvalue weighted by atomic mass is 32.2. The molecule has 1 saturated heterocycles. The average molecular weight is 431 g/mol. The van der Waals surface area contributed by atoms with Crippen molar-refractivity contribution in [1.29, 1.82) is 0 Å². The summed E-state index contributed by atoms with van der Waals surface area (Å²) in [5.41, 5.74) is 2.21. The Labute approximate surface area is 185 Å². The van der Waals surface area contributed by atoms with Crippen molar-refractivity contribution < 1.29 is 14.6 Å². The standard InChI is InChI=1S/C24H34N2O3S/c1-18(2)30-24-8-6-5-7-20(24)26-15-13-25(14-16-26)12-11-21(27)19-9-10-22(28-3)23(17-19)29-4/h5-10,17-18,21,27H,11-16H2,1-4H3/t21-/m1/s1. The molecule has 3 rings (SSSR count). The molecule has 1 aliphatic rings. The first-order chi connectivity index (χ1) is 14.5. The summed E-state index contributed by atoms with van der Waals surface area (Å²) in [4.78, 5) is 6.30. The molecule has 30 heavy (non-hydrogen) atoms. The van der Waals surface area contributed by atoms with E-state index in [2.05, 4.69) is 47.9 Å². The number of nitrogens with zero attached hydrogens (tertiary/aromatic N) is 2. The van der Waals surface area contributed by atoms with Gasteiger partial charge in [-0.05, 0) is 36.2 Å². The molecule has 5 nitrogen and oxygen atoms in total. The number of methoxy groups -OCH3 is 2. The molecule has 0 amide bonds. The number of aliphatic hydroxyl groups is 1. The summed E-state index contributed by atoms with van der Waals surface area (Å²) in [5.74, 6) is 1.33. The van der Waals surface area contributed by atoms with Gasteiger partial charge in [-0.15, -0.1) is 11.8 Å². The molecule has 6 heteroatoms. The normalized spacial score (nSPS) is 16.0. The van der Waals surface area contributed by atoms with Crippen LogP contribution < -0.4 is 14.4 Å². The predicted octanol–water partition coefficient (Wildman–Crippen LogP) is 4.45. The van der Waals surface area contributed by atoms with Crippen LogP contribution in [0.25, 0.3) is 0 Å². The Morgan fingerprint density at radius 2 is 1.67 bits per heavy atom. The summed E-state index contributed by atoms with van der Waals surface area (Å²) in [6.07, 6.45) is 0.195. The second-order valence-corrected chi connectivity index (χ2v) is 9.50. The van der Waals surface area contributed by atoms with E-state index in [0.717, 1.165) is 38.3 Å². The van der Waals surface area contributed by atoms with Gasteiger partial charge in [-0.2, -0.15) is 0 Å². The lowest BCUT2D eigenvalue weighted by molar-refractivity contribution is 0.139. The van der Waals surface area contributed by atoms with Gasteiger partial charge in [0.1, 0.15) is 0 Å². The minimum absolute atomic E-state index is 0.508. The molecule has 1 fully saturated rings. The van der Waals surface area contributed by atoms with Gasteiger partial charge in [-0.25, -0.2) is 0 Å². The van der Waals surface area contributed by atoms with Gasteiger partial charge in [0.05, 0.1) is 26.0 Å². The SMILES string of the molecule is COc1ccc([C@H](O)CCN2CCN(c3ccccc3SC(C)C)CC2)cc1OC. The van der Waals surface area contributed by atoms with Crippen molar-refractivity contribution in [1.82, 2.24) is 4.90 Å². The Morgan fingerprint density at radius 1 is 0.967 bits per heavy atom. The summed E-state index contributed by atoms with van der Waals surface area (Å²) >= 11 is 1.93. The van der Waals surface area contributed by atoms with E-state index < -0.39 is 6.10 Å². The Kier molecular flexibility index (Phi) is 8.31. The van der Waals surface area contributed by atoms with Crippen molar-refractivity contribution in [2.45, 2.75) is 36.5 Å². The number of benzene rings is 2. The van der Waals surface area contributed by atoms with Gasteiger partial charge in [-0.3, -0.25) is 4.90 Å². The minimum atomic E-state index is -0.508. The van der Waals surface area contributed by atoms with Crippen molar-refractivity contribution >= 4 is 17.4 Å². The van der Waals surface area contributed by atoms with Crippen LogP contribution in [0, 0.1) is 0 Å². The van der Waals surface area contributed by atoms with E-state index in [0.29, 0.717) is 23.2 Å². The number of hydrogen-bond donors (Lipinski definition) is 1. The first-order valence-corrected chi connectivity index (χ1v) is 11.5. The molecule has 0 unspecified atom stereocenters. The zero-order valence-electron chi connectivity index (χ0n) is 18.5. The molecule has 0 aromatic heterocycles. The van der Waals surface area contributed by atoms with E-state index in [4.69, 9.17) is 9.47 Å². The first kappa shape index (κ1) is 22.8. The van der Waals surface area contributed by atoms with Crippen LogP contribution in [-0.4, -0.2) is 62.2 Å². The number of hydrogen-bond acceptors (Lipinski definition) is 6. The lowest BCUT2D eigenvalue weighted by Gasteiger charge is -2.37. The maximum atomic E-state index is 10.6. The van der Waals surface area contributed by atoms with Gasteiger partial charge < -0.3 is 19.5 Å². The molecular formula is C24H34N2O3S. The van der Waals surface area contributed by atoms with Crippen LogP contribution in [0.3, 0.4) is 0 Å². The number of aliphatic hydroxyl groups excluding tert-OH is 1. The highest BCUT2D eigenvalue weighted by Crippen LogP contribution is 2.34. The quantitative estimate of drug-likeness (QED) is 0.593. The number of piperazine rings is 1. The summed E-state index contributed by atoms with van der Waals surface area (Å²) in [7, 11) is 3.23. The number of thioether (sulfide) groups is 1. The number of rotatable bonds is 9. The van der Waals surface area contributed by atoms with Crippen molar-refractivity contribution in [3.05, 3.63) is 48.0 Å². The first-order valence-electron chi connectivity index (χ1n) is 10.6.